The van der Waals surface area contributed by atoms with E-state index in [4.69, 9.17) is 0 Å². The van der Waals surface area contributed by atoms with Crippen molar-refractivity contribution in [3.05, 3.63) is 46.2 Å². The Morgan fingerprint density at radius 3 is 2.57 bits per heavy atom. The van der Waals surface area contributed by atoms with E-state index in [1.165, 1.54) is 35.7 Å². The number of esters is 1. The lowest BCUT2D eigenvalue weighted by atomic mass is 10.2. The number of amides is 1. The Morgan fingerprint density at radius 2 is 1.91 bits per heavy atom. The Hall–Kier alpha value is -2.43. The Labute approximate surface area is 135 Å². The van der Waals surface area contributed by atoms with E-state index in [9.17, 15) is 23.1 Å². The van der Waals surface area contributed by atoms with E-state index < -0.39 is 21.9 Å². The van der Waals surface area contributed by atoms with Crippen LogP contribution in [-0.2, 0) is 14.8 Å². The van der Waals surface area contributed by atoms with Crippen LogP contribution in [-0.4, -0.2) is 32.5 Å². The van der Waals surface area contributed by atoms with Crippen molar-refractivity contribution in [1.29, 1.82) is 0 Å². The number of thiophene rings is 1. The van der Waals surface area contributed by atoms with Crippen LogP contribution in [0.1, 0.15) is 20.0 Å². The molecule has 1 aromatic heterocycles. The minimum absolute atomic E-state index is 0.103. The van der Waals surface area contributed by atoms with Crippen LogP contribution in [0, 0.1) is 0 Å². The predicted molar refractivity (Wildman–Crippen MR) is 81.6 cm³/mol. The third-order valence-electron chi connectivity index (χ3n) is 2.74. The van der Waals surface area contributed by atoms with Gasteiger partial charge in [0.1, 0.15) is 15.5 Å². The largest absolute Gasteiger partial charge is 0.507 e. The highest BCUT2D eigenvalue weighted by Crippen LogP contribution is 2.22. The molecule has 0 atom stereocenters. The maximum atomic E-state index is 12.2. The van der Waals surface area contributed by atoms with Crippen LogP contribution in [0.5, 0.6) is 5.75 Å². The topological polar surface area (TPSA) is 122 Å². The average molecular weight is 356 g/mol. The third-order valence-corrected chi connectivity index (χ3v) is 5.05. The molecule has 0 aliphatic rings. The van der Waals surface area contributed by atoms with Crippen molar-refractivity contribution in [2.24, 2.45) is 0 Å². The molecule has 2 rings (SSSR count). The predicted octanol–water partition coefficient (Wildman–Crippen LogP) is 0.864. The van der Waals surface area contributed by atoms with Crippen molar-refractivity contribution in [2.75, 3.05) is 7.11 Å². The fraction of sp³-hybridized carbons (Fsp3) is 0.0769. The van der Waals surface area contributed by atoms with Crippen molar-refractivity contribution in [2.45, 2.75) is 4.90 Å². The van der Waals surface area contributed by atoms with Crippen molar-refractivity contribution in [1.82, 2.24) is 10.3 Å². The summed E-state index contributed by atoms with van der Waals surface area (Å²) in [6.45, 7) is 0. The molecular formula is C13H12N2O6S2. The average Bonchev–Trinajstić information content (AvgIpc) is 3.03. The first-order chi connectivity index (χ1) is 10.9. The maximum absolute atomic E-state index is 12.2. The second-order valence-corrected chi connectivity index (χ2v) is 6.75. The summed E-state index contributed by atoms with van der Waals surface area (Å²) in [4.78, 5) is 24.8. The number of hydrazine groups is 1. The number of methoxy groups -OCH3 is 1. The lowest BCUT2D eigenvalue weighted by Crippen LogP contribution is -2.41. The number of phenolic OH excluding ortho intramolecular Hbond substituents is 1. The van der Waals surface area contributed by atoms with Crippen molar-refractivity contribution in [3.8, 4) is 5.75 Å². The Kier molecular flexibility index (Phi) is 4.98. The molecule has 1 heterocycles. The van der Waals surface area contributed by atoms with E-state index in [1.54, 1.807) is 0 Å². The summed E-state index contributed by atoms with van der Waals surface area (Å²) < 4.78 is 28.8. The van der Waals surface area contributed by atoms with Crippen LogP contribution in [0.25, 0.3) is 0 Å². The smallest absolute Gasteiger partial charge is 0.349 e. The van der Waals surface area contributed by atoms with Crippen LogP contribution < -0.4 is 10.3 Å². The van der Waals surface area contributed by atoms with E-state index >= 15 is 0 Å². The SMILES string of the molecule is COC(=O)c1sccc1S(=O)(=O)NNC(=O)c1ccccc1O. The molecule has 3 N–H and O–H groups in total. The second-order valence-electron chi connectivity index (χ2n) is 4.18. The van der Waals surface area contributed by atoms with Gasteiger partial charge in [0.25, 0.3) is 15.9 Å². The molecule has 2 aromatic rings. The lowest BCUT2D eigenvalue weighted by molar-refractivity contribution is 0.0602. The number of carbonyl (C=O) groups excluding carboxylic acids is 2. The number of phenols is 1. The van der Waals surface area contributed by atoms with Crippen LogP contribution in [0.3, 0.4) is 0 Å². The second kappa shape index (κ2) is 6.77. The van der Waals surface area contributed by atoms with Crippen molar-refractivity contribution < 1.29 is 27.9 Å². The zero-order valence-electron chi connectivity index (χ0n) is 11.8. The summed E-state index contributed by atoms with van der Waals surface area (Å²) in [5.41, 5.74) is 1.87. The number of rotatable bonds is 5. The van der Waals surface area contributed by atoms with Gasteiger partial charge >= 0.3 is 5.97 Å². The van der Waals surface area contributed by atoms with Crippen LogP contribution >= 0.6 is 11.3 Å². The van der Waals surface area contributed by atoms with E-state index in [-0.39, 0.29) is 21.1 Å². The van der Waals surface area contributed by atoms with Gasteiger partial charge in [-0.05, 0) is 23.6 Å². The molecule has 1 aromatic carbocycles. The van der Waals surface area contributed by atoms with E-state index in [2.05, 4.69) is 4.74 Å². The molecule has 0 aliphatic carbocycles. The summed E-state index contributed by atoms with van der Waals surface area (Å²) in [6.07, 6.45) is 0. The fourth-order valence-electron chi connectivity index (χ4n) is 1.65. The standard InChI is InChI=1S/C13H12N2O6S2/c1-21-13(18)11-10(6-7-22-11)23(19,20)15-14-12(17)8-4-2-3-5-9(8)16/h2-7,15-16H,1H3,(H,14,17). The molecular weight excluding hydrogens is 344 g/mol. The minimum atomic E-state index is -4.17. The van der Waals surface area contributed by atoms with Crippen molar-refractivity contribution in [3.63, 3.8) is 0 Å². The van der Waals surface area contributed by atoms with Gasteiger partial charge in [-0.3, -0.25) is 10.2 Å². The summed E-state index contributed by atoms with van der Waals surface area (Å²) in [6, 6.07) is 6.86. The Morgan fingerprint density at radius 1 is 1.22 bits per heavy atom. The molecule has 0 unspecified atom stereocenters. The maximum Gasteiger partial charge on any atom is 0.349 e. The molecule has 0 saturated heterocycles. The number of aromatic hydroxyl groups is 1. The molecule has 122 valence electrons. The van der Waals surface area contributed by atoms with E-state index in [0.29, 0.717) is 0 Å². The zero-order chi connectivity index (χ0) is 17.0. The highest BCUT2D eigenvalue weighted by atomic mass is 32.2. The first kappa shape index (κ1) is 16.9. The summed E-state index contributed by atoms with van der Waals surface area (Å²) in [7, 11) is -3.04. The number of hydrogen-bond donors (Lipinski definition) is 3. The normalized spacial score (nSPS) is 11.0. The summed E-state index contributed by atoms with van der Waals surface area (Å²) in [5, 5.41) is 11.0. The van der Waals surface area contributed by atoms with Gasteiger partial charge in [-0.25, -0.2) is 13.2 Å². The Bertz CT molecular complexity index is 844. The molecule has 10 heteroatoms. The number of nitrogens with one attached hydrogen (secondary N) is 2. The van der Waals surface area contributed by atoms with Gasteiger partial charge in [-0.15, -0.1) is 16.2 Å². The molecule has 23 heavy (non-hydrogen) atoms. The molecule has 0 aliphatic heterocycles. The van der Waals surface area contributed by atoms with Crippen LogP contribution in [0.4, 0.5) is 0 Å². The summed E-state index contributed by atoms with van der Waals surface area (Å²) >= 11 is 0.896. The molecule has 0 spiro atoms. The monoisotopic (exact) mass is 356 g/mol. The first-order valence-electron chi connectivity index (χ1n) is 6.12. The number of hydrogen-bond acceptors (Lipinski definition) is 7. The van der Waals surface area contributed by atoms with Gasteiger partial charge in [-0.2, -0.15) is 0 Å². The fourth-order valence-corrected chi connectivity index (χ4v) is 3.83. The van der Waals surface area contributed by atoms with Crippen molar-refractivity contribution >= 4 is 33.2 Å². The minimum Gasteiger partial charge on any atom is -0.507 e. The number of sulfonamides is 1. The number of para-hydroxylation sites is 1. The van der Waals surface area contributed by atoms with Crippen LogP contribution in [0.2, 0.25) is 0 Å². The molecule has 0 saturated carbocycles. The van der Waals surface area contributed by atoms with Gasteiger partial charge in [0, 0.05) is 0 Å². The zero-order valence-corrected chi connectivity index (χ0v) is 13.4. The van der Waals surface area contributed by atoms with E-state index in [0.717, 1.165) is 18.4 Å². The lowest BCUT2D eigenvalue weighted by Gasteiger charge is -2.09. The van der Waals surface area contributed by atoms with E-state index in [1.807, 2.05) is 10.3 Å². The number of carbonyl (C=O) groups is 2. The highest BCUT2D eigenvalue weighted by Gasteiger charge is 2.25. The quantitative estimate of drug-likeness (QED) is 0.540. The molecule has 1 amide bonds. The van der Waals surface area contributed by atoms with Gasteiger partial charge in [0.05, 0.1) is 12.7 Å². The number of benzene rings is 1. The Balaban J connectivity index is 2.17. The highest BCUT2D eigenvalue weighted by molar-refractivity contribution is 7.89. The van der Waals surface area contributed by atoms with Crippen LogP contribution in [0.15, 0.2) is 40.6 Å². The third kappa shape index (κ3) is 3.67. The number of ether oxygens (including phenoxy) is 1. The van der Waals surface area contributed by atoms with Gasteiger partial charge in [0.15, 0.2) is 0 Å². The first-order valence-corrected chi connectivity index (χ1v) is 8.49. The van der Waals surface area contributed by atoms with Gasteiger partial charge in [0.2, 0.25) is 0 Å². The molecule has 8 nitrogen and oxygen atoms in total. The summed E-state index contributed by atoms with van der Waals surface area (Å²) in [5.74, 6) is -1.94. The molecule has 0 fully saturated rings. The van der Waals surface area contributed by atoms with Gasteiger partial charge < -0.3 is 9.84 Å². The molecule has 0 bridgehead atoms. The van der Waals surface area contributed by atoms with Gasteiger partial charge in [-0.1, -0.05) is 12.1 Å². The molecule has 0 radical (unpaired) electrons.